The Morgan fingerprint density at radius 3 is 2.67 bits per heavy atom. The normalized spacial score (nSPS) is 53.6. The van der Waals surface area contributed by atoms with Crippen molar-refractivity contribution >= 4 is 5.78 Å². The van der Waals surface area contributed by atoms with E-state index in [-0.39, 0.29) is 29.0 Å². The van der Waals surface area contributed by atoms with Crippen molar-refractivity contribution in [1.82, 2.24) is 0 Å². The van der Waals surface area contributed by atoms with Gasteiger partial charge in [-0.1, -0.05) is 25.5 Å². The molecule has 4 aliphatic rings. The summed E-state index contributed by atoms with van der Waals surface area (Å²) in [5, 5.41) is 21.3. The fraction of sp³-hybridized carbons (Fsp3) is 0.857. The van der Waals surface area contributed by atoms with Crippen LogP contribution in [0.15, 0.2) is 11.6 Å². The number of rotatable bonds is 1. The highest BCUT2D eigenvalue weighted by Gasteiger charge is 2.62. The van der Waals surface area contributed by atoms with Crippen molar-refractivity contribution in [3.05, 3.63) is 11.6 Å². The largest absolute Gasteiger partial charge is 0.393 e. The van der Waals surface area contributed by atoms with Crippen LogP contribution in [0.1, 0.15) is 65.7 Å². The van der Waals surface area contributed by atoms with E-state index in [1.54, 1.807) is 6.92 Å². The molecule has 134 valence electrons. The Morgan fingerprint density at radius 2 is 1.96 bits per heavy atom. The molecule has 3 nitrogen and oxygen atoms in total. The van der Waals surface area contributed by atoms with Gasteiger partial charge in [-0.25, -0.2) is 0 Å². The van der Waals surface area contributed by atoms with E-state index >= 15 is 0 Å². The molecule has 0 bridgehead atoms. The fourth-order valence-corrected chi connectivity index (χ4v) is 7.44. The summed E-state index contributed by atoms with van der Waals surface area (Å²) in [7, 11) is 0. The maximum absolute atomic E-state index is 12.2. The third-order valence-electron chi connectivity index (χ3n) is 8.50. The van der Waals surface area contributed by atoms with E-state index in [0.29, 0.717) is 23.5 Å². The molecule has 0 amide bonds. The SMILES string of the molecule is CC(=O)[C@H]1CC[C@H]2[C@@H]3CC=C4CC(O)CC[C@]4(C)[C@H]3C(O)C[C@]12C. The van der Waals surface area contributed by atoms with Crippen molar-refractivity contribution in [1.29, 1.82) is 0 Å². The van der Waals surface area contributed by atoms with E-state index in [0.717, 1.165) is 44.9 Å². The Hall–Kier alpha value is -0.670. The molecule has 4 aliphatic carbocycles. The lowest BCUT2D eigenvalue weighted by Gasteiger charge is -2.59. The van der Waals surface area contributed by atoms with Gasteiger partial charge in [0, 0.05) is 5.92 Å². The average Bonchev–Trinajstić information content (AvgIpc) is 2.84. The molecule has 0 aromatic heterocycles. The van der Waals surface area contributed by atoms with E-state index in [1.807, 2.05) is 0 Å². The molecule has 3 fully saturated rings. The number of allylic oxidation sites excluding steroid dienone is 1. The molecule has 0 saturated heterocycles. The predicted molar refractivity (Wildman–Crippen MR) is 93.3 cm³/mol. The van der Waals surface area contributed by atoms with Gasteiger partial charge in [-0.3, -0.25) is 4.79 Å². The van der Waals surface area contributed by atoms with Crippen LogP contribution in [0.4, 0.5) is 0 Å². The topological polar surface area (TPSA) is 57.5 Å². The third-order valence-corrected chi connectivity index (χ3v) is 8.50. The number of carbonyl (C=O) groups excluding carboxylic acids is 1. The summed E-state index contributed by atoms with van der Waals surface area (Å²) in [6.45, 7) is 6.33. The number of fused-ring (bicyclic) bond motifs is 5. The van der Waals surface area contributed by atoms with Gasteiger partial charge in [0.1, 0.15) is 5.78 Å². The second-order valence-corrected chi connectivity index (χ2v) is 9.59. The van der Waals surface area contributed by atoms with E-state index in [1.165, 1.54) is 5.57 Å². The van der Waals surface area contributed by atoms with Crippen molar-refractivity contribution in [3.8, 4) is 0 Å². The van der Waals surface area contributed by atoms with Gasteiger partial charge in [0.05, 0.1) is 12.2 Å². The van der Waals surface area contributed by atoms with Gasteiger partial charge in [-0.15, -0.1) is 0 Å². The molecule has 0 aliphatic heterocycles. The number of ketones is 1. The maximum atomic E-state index is 12.2. The summed E-state index contributed by atoms with van der Waals surface area (Å²) in [6, 6.07) is 0. The zero-order valence-electron chi connectivity index (χ0n) is 15.3. The second kappa shape index (κ2) is 5.41. The standard InChI is InChI=1S/C21H32O3/c1-12(22)16-6-7-17-15-5-4-13-10-14(23)8-9-20(13,2)19(15)18(24)11-21(16,17)3/h4,14-19,23-24H,5-11H2,1-3H3/t14?,15-,16+,17-,18?,19+,20-,21+/m0/s1. The Kier molecular flexibility index (Phi) is 3.78. The summed E-state index contributed by atoms with van der Waals surface area (Å²) in [6.07, 6.45) is 8.39. The highest BCUT2D eigenvalue weighted by atomic mass is 16.3. The molecule has 3 saturated carbocycles. The maximum Gasteiger partial charge on any atom is 0.133 e. The molecule has 2 N–H and O–H groups in total. The molecular weight excluding hydrogens is 300 g/mol. The van der Waals surface area contributed by atoms with Crippen LogP contribution in [0.3, 0.4) is 0 Å². The lowest BCUT2D eigenvalue weighted by atomic mass is 9.46. The van der Waals surface area contributed by atoms with Crippen LogP contribution in [0.2, 0.25) is 0 Å². The third kappa shape index (κ3) is 2.13. The first-order valence-electron chi connectivity index (χ1n) is 9.83. The monoisotopic (exact) mass is 332 g/mol. The number of hydrogen-bond acceptors (Lipinski definition) is 3. The number of carbonyl (C=O) groups is 1. The van der Waals surface area contributed by atoms with Gasteiger partial charge in [0.25, 0.3) is 0 Å². The molecule has 0 radical (unpaired) electrons. The number of aliphatic hydroxyl groups excluding tert-OH is 2. The molecule has 4 rings (SSSR count). The minimum absolute atomic E-state index is 0.0255. The van der Waals surface area contributed by atoms with Crippen molar-refractivity contribution in [2.45, 2.75) is 77.9 Å². The van der Waals surface area contributed by atoms with Crippen LogP contribution in [-0.4, -0.2) is 28.2 Å². The van der Waals surface area contributed by atoms with Gasteiger partial charge in [-0.2, -0.15) is 0 Å². The first-order valence-corrected chi connectivity index (χ1v) is 9.83. The number of Topliss-reactive ketones (excluding diaryl/α,β-unsaturated/α-hetero) is 1. The number of hydrogen-bond donors (Lipinski definition) is 2. The molecular formula is C21H32O3. The van der Waals surface area contributed by atoms with Crippen molar-refractivity contribution in [3.63, 3.8) is 0 Å². The molecule has 24 heavy (non-hydrogen) atoms. The van der Waals surface area contributed by atoms with Gasteiger partial charge in [-0.05, 0) is 80.5 Å². The summed E-state index contributed by atoms with van der Waals surface area (Å²) < 4.78 is 0. The van der Waals surface area contributed by atoms with E-state index in [9.17, 15) is 15.0 Å². The van der Waals surface area contributed by atoms with Gasteiger partial charge in [0.2, 0.25) is 0 Å². The van der Waals surface area contributed by atoms with Crippen molar-refractivity contribution < 1.29 is 15.0 Å². The van der Waals surface area contributed by atoms with Crippen LogP contribution in [0, 0.1) is 34.5 Å². The van der Waals surface area contributed by atoms with Crippen LogP contribution in [0.5, 0.6) is 0 Å². The smallest absolute Gasteiger partial charge is 0.133 e. The van der Waals surface area contributed by atoms with Crippen molar-refractivity contribution in [2.75, 3.05) is 0 Å². The summed E-state index contributed by atoms with van der Waals surface area (Å²) >= 11 is 0. The first kappa shape index (κ1) is 16.8. The molecule has 0 heterocycles. The summed E-state index contributed by atoms with van der Waals surface area (Å²) in [4.78, 5) is 12.2. The van der Waals surface area contributed by atoms with Crippen LogP contribution < -0.4 is 0 Å². The molecule has 0 aromatic carbocycles. The zero-order valence-corrected chi connectivity index (χ0v) is 15.3. The van der Waals surface area contributed by atoms with Gasteiger partial charge < -0.3 is 10.2 Å². The van der Waals surface area contributed by atoms with E-state index < -0.39 is 0 Å². The van der Waals surface area contributed by atoms with Crippen LogP contribution in [-0.2, 0) is 4.79 Å². The Bertz CT molecular complexity index is 582. The second-order valence-electron chi connectivity index (χ2n) is 9.59. The first-order chi connectivity index (χ1) is 11.3. The van der Waals surface area contributed by atoms with Crippen molar-refractivity contribution in [2.24, 2.45) is 34.5 Å². The molecule has 8 atom stereocenters. The minimum Gasteiger partial charge on any atom is -0.393 e. The Morgan fingerprint density at radius 1 is 1.21 bits per heavy atom. The highest BCUT2D eigenvalue weighted by Crippen LogP contribution is 2.66. The molecule has 2 unspecified atom stereocenters. The van der Waals surface area contributed by atoms with Gasteiger partial charge in [0.15, 0.2) is 0 Å². The molecule has 3 heteroatoms. The van der Waals surface area contributed by atoms with E-state index in [4.69, 9.17) is 0 Å². The fourth-order valence-electron chi connectivity index (χ4n) is 7.44. The highest BCUT2D eigenvalue weighted by molar-refractivity contribution is 5.79. The average molecular weight is 332 g/mol. The zero-order chi connectivity index (χ0) is 17.3. The van der Waals surface area contributed by atoms with Crippen LogP contribution >= 0.6 is 0 Å². The minimum atomic E-state index is -0.319. The summed E-state index contributed by atoms with van der Waals surface area (Å²) in [5.74, 6) is 1.79. The Labute approximate surface area is 145 Å². The molecule has 0 aromatic rings. The molecule has 0 spiro atoms. The Balaban J connectivity index is 1.71. The summed E-state index contributed by atoms with van der Waals surface area (Å²) in [5.41, 5.74) is 1.39. The number of aliphatic hydroxyl groups is 2. The van der Waals surface area contributed by atoms with Crippen LogP contribution in [0.25, 0.3) is 0 Å². The lowest BCUT2D eigenvalue weighted by molar-refractivity contribution is -0.140. The predicted octanol–water partition coefficient (Wildman–Crippen LogP) is 3.49. The van der Waals surface area contributed by atoms with Gasteiger partial charge >= 0.3 is 0 Å². The van der Waals surface area contributed by atoms with E-state index in [2.05, 4.69) is 19.9 Å². The quantitative estimate of drug-likeness (QED) is 0.723. The lowest BCUT2D eigenvalue weighted by Crippen LogP contribution is -2.56.